The Hall–Kier alpha value is -3.84. The number of nitrogens with zero attached hydrogens (tertiary/aromatic N) is 4. The molecular weight excluding hydrogens is 623 g/mol. The van der Waals surface area contributed by atoms with Gasteiger partial charge < -0.3 is 38.4 Å². The Morgan fingerprint density at radius 1 is 1.02 bits per heavy atom. The first-order valence-corrected chi connectivity index (χ1v) is 15.6. The summed E-state index contributed by atoms with van der Waals surface area (Å²) in [4.78, 5) is 49.5. The van der Waals surface area contributed by atoms with E-state index in [2.05, 4.69) is 9.88 Å². The number of aromatic nitrogens is 1. The number of halogens is 2. The number of hydrogen-bond donors (Lipinski definition) is 0. The number of pyridine rings is 1. The zero-order valence-corrected chi connectivity index (χ0v) is 27.9. The van der Waals surface area contributed by atoms with E-state index in [9.17, 15) is 14.4 Å². The highest BCUT2D eigenvalue weighted by Crippen LogP contribution is 2.46. The molecule has 1 aromatic heterocycles. The maximum Gasteiger partial charge on any atom is 0.514 e. The average Bonchev–Trinajstić information content (AvgIpc) is 3.28. The van der Waals surface area contributed by atoms with Crippen molar-refractivity contribution in [2.75, 3.05) is 46.4 Å². The molecule has 12 nitrogen and oxygen atoms in total. The van der Waals surface area contributed by atoms with Crippen molar-refractivity contribution >= 4 is 29.8 Å². The van der Waals surface area contributed by atoms with Crippen LogP contribution in [0.2, 0.25) is 5.02 Å². The predicted molar refractivity (Wildman–Crippen MR) is 166 cm³/mol. The highest BCUT2D eigenvalue weighted by Gasteiger charge is 2.42. The van der Waals surface area contributed by atoms with Gasteiger partial charge in [-0.25, -0.2) is 19.0 Å². The molecule has 46 heavy (non-hydrogen) atoms. The summed E-state index contributed by atoms with van der Waals surface area (Å²) in [7, 11) is 1.95. The molecule has 0 radical (unpaired) electrons. The predicted octanol–water partition coefficient (Wildman–Crippen LogP) is 5.39. The fourth-order valence-electron chi connectivity index (χ4n) is 5.51. The summed E-state index contributed by atoms with van der Waals surface area (Å²) in [5.74, 6) is -1.54. The van der Waals surface area contributed by atoms with Gasteiger partial charge in [-0.3, -0.25) is 4.79 Å². The molecule has 0 bridgehead atoms. The minimum atomic E-state index is -1.05. The van der Waals surface area contributed by atoms with Gasteiger partial charge in [0.25, 0.3) is 5.91 Å². The van der Waals surface area contributed by atoms with Crippen LogP contribution >= 0.6 is 11.6 Å². The van der Waals surface area contributed by atoms with Crippen LogP contribution in [-0.4, -0.2) is 108 Å². The highest BCUT2D eigenvalue weighted by atomic mass is 35.5. The Morgan fingerprint density at radius 3 is 2.39 bits per heavy atom. The molecule has 1 aromatic carbocycles. The number of carbonyl (C=O) groups is 3. The molecule has 14 heteroatoms. The number of ether oxygens (including phenoxy) is 5. The second-order valence-corrected chi connectivity index (χ2v) is 14.0. The van der Waals surface area contributed by atoms with Gasteiger partial charge in [0, 0.05) is 32.7 Å². The molecule has 0 aliphatic carbocycles. The van der Waals surface area contributed by atoms with Gasteiger partial charge in [-0.1, -0.05) is 17.7 Å². The van der Waals surface area contributed by atoms with Gasteiger partial charge in [-0.05, 0) is 67.1 Å². The first kappa shape index (κ1) is 33.5. The molecule has 2 aromatic rings. The molecule has 0 spiro atoms. The van der Waals surface area contributed by atoms with Gasteiger partial charge in [0.1, 0.15) is 51.8 Å². The number of fused-ring (bicyclic) bond motifs is 2. The van der Waals surface area contributed by atoms with E-state index in [0.29, 0.717) is 13.0 Å². The van der Waals surface area contributed by atoms with Crippen molar-refractivity contribution in [1.29, 1.82) is 0 Å². The molecular formula is C32H40ClFN4O8. The van der Waals surface area contributed by atoms with E-state index in [1.54, 1.807) is 46.4 Å². The van der Waals surface area contributed by atoms with Crippen LogP contribution in [0.15, 0.2) is 18.2 Å². The summed E-state index contributed by atoms with van der Waals surface area (Å²) < 4.78 is 44.4. The lowest BCUT2D eigenvalue weighted by Crippen LogP contribution is -2.58. The molecule has 2 saturated heterocycles. The second-order valence-electron chi connectivity index (χ2n) is 13.6. The minimum Gasteiger partial charge on any atom is -0.489 e. The number of likely N-dealkylation sites (N-methyl/N-ethyl adjacent to an activating group) is 1. The largest absolute Gasteiger partial charge is 0.514 e. The van der Waals surface area contributed by atoms with Crippen LogP contribution in [0.5, 0.6) is 17.4 Å². The van der Waals surface area contributed by atoms with Crippen LogP contribution in [0, 0.1) is 5.82 Å². The number of likely N-dealkylation sites (tertiary alicyclic amines) is 1. The summed E-state index contributed by atoms with van der Waals surface area (Å²) in [5, 5.41) is -0.165. The van der Waals surface area contributed by atoms with Gasteiger partial charge in [0.15, 0.2) is 5.75 Å². The Balaban J connectivity index is 1.56. The number of piperazine rings is 1. The lowest BCUT2D eigenvalue weighted by atomic mass is 10.1. The third-order valence-electron chi connectivity index (χ3n) is 7.51. The van der Waals surface area contributed by atoms with Gasteiger partial charge in [0.2, 0.25) is 5.88 Å². The van der Waals surface area contributed by atoms with Crippen LogP contribution < -0.4 is 14.2 Å². The summed E-state index contributed by atoms with van der Waals surface area (Å²) in [6.07, 6.45) is -1.18. The van der Waals surface area contributed by atoms with E-state index in [4.69, 9.17) is 35.3 Å². The number of benzene rings is 1. The Labute approximate surface area is 272 Å². The molecule has 0 N–H and O–H groups in total. The van der Waals surface area contributed by atoms with Crippen molar-refractivity contribution in [3.8, 4) is 28.6 Å². The summed E-state index contributed by atoms with van der Waals surface area (Å²) in [6.45, 7) is 12.3. The Bertz CT molecular complexity index is 1520. The highest BCUT2D eigenvalue weighted by molar-refractivity contribution is 6.35. The molecule has 0 saturated carbocycles. The topological polar surface area (TPSA) is 120 Å². The standard InChI is InChI=1S/C32H40ClFN4O8/c1-31(2,3)45-29(40)37-13-14-38-18(15-37)17-42-26-23(28(38)39)27(43-19-11-12-36(7)16-19)35-25(24(26)33)22-20(34)9-8-10-21(22)44-30(41)46-32(4,5)6/h8-10,18-19H,11-17H2,1-7H3/t18-,19+/m1/s1. The summed E-state index contributed by atoms with van der Waals surface area (Å²) in [6, 6.07) is 3.39. The van der Waals surface area contributed by atoms with Gasteiger partial charge in [0.05, 0.1) is 11.6 Å². The minimum absolute atomic E-state index is 0.00229. The zero-order valence-electron chi connectivity index (χ0n) is 27.1. The molecule has 5 rings (SSSR count). The SMILES string of the molecule is CN1CC[C@H](Oc2nc(-c3c(F)cccc3OC(=O)OC(C)(C)C)c(Cl)c3c2C(=O)N2CCN(C(=O)OC(C)(C)C)C[C@@H]2CO3)C1. The maximum atomic E-state index is 15.6. The van der Waals surface area contributed by atoms with E-state index in [1.165, 1.54) is 23.1 Å². The Kier molecular flexibility index (Phi) is 9.29. The van der Waals surface area contributed by atoms with Gasteiger partial charge >= 0.3 is 12.2 Å². The second kappa shape index (κ2) is 12.7. The van der Waals surface area contributed by atoms with Crippen molar-refractivity contribution in [2.45, 2.75) is 71.3 Å². The summed E-state index contributed by atoms with van der Waals surface area (Å²) >= 11 is 6.90. The smallest absolute Gasteiger partial charge is 0.489 e. The van der Waals surface area contributed by atoms with Gasteiger partial charge in [-0.2, -0.15) is 0 Å². The number of amides is 2. The molecule has 2 atom stereocenters. The monoisotopic (exact) mass is 662 g/mol. The fourth-order valence-corrected chi connectivity index (χ4v) is 5.79. The molecule has 0 unspecified atom stereocenters. The van der Waals surface area contributed by atoms with Gasteiger partial charge in [-0.15, -0.1) is 0 Å². The average molecular weight is 663 g/mol. The van der Waals surface area contributed by atoms with E-state index in [1.807, 2.05) is 7.05 Å². The fraction of sp³-hybridized carbons (Fsp3) is 0.562. The van der Waals surface area contributed by atoms with E-state index < -0.39 is 41.2 Å². The molecule has 3 aliphatic rings. The molecule has 4 heterocycles. The summed E-state index contributed by atoms with van der Waals surface area (Å²) in [5.41, 5.74) is -1.92. The maximum absolute atomic E-state index is 15.6. The lowest BCUT2D eigenvalue weighted by Gasteiger charge is -2.40. The van der Waals surface area contributed by atoms with Crippen LogP contribution in [0.3, 0.4) is 0 Å². The van der Waals surface area contributed by atoms with Crippen molar-refractivity contribution in [2.24, 2.45) is 0 Å². The van der Waals surface area contributed by atoms with Crippen molar-refractivity contribution in [1.82, 2.24) is 19.7 Å². The number of hydrogen-bond acceptors (Lipinski definition) is 10. The zero-order chi connectivity index (χ0) is 33.6. The lowest BCUT2D eigenvalue weighted by molar-refractivity contribution is 0.000864. The van der Waals surface area contributed by atoms with Crippen LogP contribution in [-0.2, 0) is 9.47 Å². The Morgan fingerprint density at radius 2 is 1.74 bits per heavy atom. The van der Waals surface area contributed by atoms with Crippen molar-refractivity contribution in [3.63, 3.8) is 0 Å². The third kappa shape index (κ3) is 7.41. The molecule has 3 aliphatic heterocycles. The number of carbonyl (C=O) groups excluding carboxylic acids is 3. The molecule has 2 fully saturated rings. The van der Waals surface area contributed by atoms with Crippen molar-refractivity contribution in [3.05, 3.63) is 34.6 Å². The number of rotatable bonds is 4. The van der Waals surface area contributed by atoms with E-state index in [0.717, 1.165) is 6.54 Å². The third-order valence-corrected chi connectivity index (χ3v) is 7.86. The first-order chi connectivity index (χ1) is 21.5. The van der Waals surface area contributed by atoms with Crippen molar-refractivity contribution < 1.29 is 42.5 Å². The quantitative estimate of drug-likeness (QED) is 0.311. The molecule has 2 amide bonds. The van der Waals surface area contributed by atoms with Crippen LogP contribution in [0.25, 0.3) is 11.3 Å². The van der Waals surface area contributed by atoms with Crippen LogP contribution in [0.4, 0.5) is 14.0 Å². The molecule has 250 valence electrons. The first-order valence-electron chi connectivity index (χ1n) is 15.2. The van der Waals surface area contributed by atoms with Crippen LogP contribution in [0.1, 0.15) is 58.3 Å². The van der Waals surface area contributed by atoms with E-state index in [-0.39, 0.29) is 71.6 Å². The van der Waals surface area contributed by atoms with E-state index >= 15 is 4.39 Å². The normalized spacial score (nSPS) is 20.3.